The van der Waals surface area contributed by atoms with E-state index in [0.717, 1.165) is 0 Å². The summed E-state index contributed by atoms with van der Waals surface area (Å²) in [6.07, 6.45) is 5.20. The summed E-state index contributed by atoms with van der Waals surface area (Å²) in [7, 11) is 0. The number of carbonyl (C=O) groups is 1. The van der Waals surface area contributed by atoms with Crippen LogP contribution >= 0.6 is 15.9 Å². The van der Waals surface area contributed by atoms with E-state index in [4.69, 9.17) is 12.2 Å². The molecule has 1 aromatic rings. The van der Waals surface area contributed by atoms with E-state index in [1.54, 1.807) is 0 Å². The Hall–Kier alpha value is -1.38. The molecular weight excluding hydrogens is 275 g/mol. The zero-order valence-electron chi connectivity index (χ0n) is 8.34. The first-order valence-corrected chi connectivity index (χ1v) is 5.29. The fourth-order valence-electron chi connectivity index (χ4n) is 1.04. The Kier molecular flexibility index (Phi) is 4.47. The van der Waals surface area contributed by atoms with Crippen LogP contribution in [0, 0.1) is 18.2 Å². The topological polar surface area (TPSA) is 55.1 Å². The van der Waals surface area contributed by atoms with Crippen molar-refractivity contribution in [2.24, 2.45) is 5.73 Å². The van der Waals surface area contributed by atoms with Crippen molar-refractivity contribution >= 4 is 27.5 Å². The molecule has 0 fully saturated rings. The standard InChI is InChI=1S/C11H10BrFN2O/c1-2-3-9(14)11(16)15-10-5-4-7(13)6-8(10)12/h1,4-6,9H,3,14H2,(H,15,16). The largest absolute Gasteiger partial charge is 0.324 e. The summed E-state index contributed by atoms with van der Waals surface area (Å²) in [4.78, 5) is 11.5. The van der Waals surface area contributed by atoms with Gasteiger partial charge in [0.25, 0.3) is 0 Å². The summed E-state index contributed by atoms with van der Waals surface area (Å²) in [5, 5.41) is 2.55. The van der Waals surface area contributed by atoms with Gasteiger partial charge in [-0.25, -0.2) is 4.39 Å². The van der Waals surface area contributed by atoms with E-state index in [-0.39, 0.29) is 6.42 Å². The highest BCUT2D eigenvalue weighted by molar-refractivity contribution is 9.10. The van der Waals surface area contributed by atoms with Gasteiger partial charge in [0.1, 0.15) is 5.82 Å². The number of halogens is 2. The lowest BCUT2D eigenvalue weighted by Gasteiger charge is -2.10. The molecule has 0 radical (unpaired) electrons. The fourth-order valence-corrected chi connectivity index (χ4v) is 1.49. The highest BCUT2D eigenvalue weighted by Crippen LogP contribution is 2.23. The molecule has 1 unspecified atom stereocenters. The number of rotatable bonds is 3. The summed E-state index contributed by atoms with van der Waals surface area (Å²) < 4.78 is 13.2. The van der Waals surface area contributed by atoms with E-state index in [2.05, 4.69) is 27.2 Å². The Labute approximate surface area is 101 Å². The lowest BCUT2D eigenvalue weighted by Crippen LogP contribution is -2.35. The molecule has 0 aromatic heterocycles. The number of hydrogen-bond donors (Lipinski definition) is 2. The third-order valence-electron chi connectivity index (χ3n) is 1.86. The van der Waals surface area contributed by atoms with Crippen LogP contribution in [0.3, 0.4) is 0 Å². The van der Waals surface area contributed by atoms with E-state index in [9.17, 15) is 9.18 Å². The molecule has 0 heterocycles. The minimum atomic E-state index is -0.762. The van der Waals surface area contributed by atoms with Gasteiger partial charge in [0.05, 0.1) is 11.7 Å². The van der Waals surface area contributed by atoms with Crippen LogP contribution in [-0.4, -0.2) is 11.9 Å². The van der Waals surface area contributed by atoms with E-state index in [1.807, 2.05) is 0 Å². The molecule has 0 saturated heterocycles. The number of hydrogen-bond acceptors (Lipinski definition) is 2. The minimum absolute atomic E-state index is 0.157. The van der Waals surface area contributed by atoms with Crippen molar-refractivity contribution in [3.63, 3.8) is 0 Å². The predicted octanol–water partition coefficient (Wildman–Crippen LogP) is 1.88. The van der Waals surface area contributed by atoms with E-state index >= 15 is 0 Å². The average molecular weight is 285 g/mol. The van der Waals surface area contributed by atoms with Crippen LogP contribution in [0.2, 0.25) is 0 Å². The lowest BCUT2D eigenvalue weighted by atomic mass is 10.2. The number of nitrogens with two attached hydrogens (primary N) is 1. The summed E-state index contributed by atoms with van der Waals surface area (Å²) in [6.45, 7) is 0. The van der Waals surface area contributed by atoms with Crippen molar-refractivity contribution in [2.45, 2.75) is 12.5 Å². The van der Waals surface area contributed by atoms with Crippen molar-refractivity contribution in [3.05, 3.63) is 28.5 Å². The van der Waals surface area contributed by atoms with Crippen LogP contribution in [0.1, 0.15) is 6.42 Å². The molecule has 84 valence electrons. The van der Waals surface area contributed by atoms with E-state index in [1.165, 1.54) is 18.2 Å². The van der Waals surface area contributed by atoms with Crippen LogP contribution in [0.15, 0.2) is 22.7 Å². The smallest absolute Gasteiger partial charge is 0.242 e. The van der Waals surface area contributed by atoms with Gasteiger partial charge in [-0.15, -0.1) is 12.3 Å². The number of benzene rings is 1. The van der Waals surface area contributed by atoms with Gasteiger partial charge in [0.2, 0.25) is 5.91 Å². The SMILES string of the molecule is C#CCC(N)C(=O)Nc1ccc(F)cc1Br. The first-order valence-electron chi connectivity index (χ1n) is 4.49. The van der Waals surface area contributed by atoms with Gasteiger partial charge < -0.3 is 11.1 Å². The van der Waals surface area contributed by atoms with Crippen LogP contribution < -0.4 is 11.1 Å². The van der Waals surface area contributed by atoms with Crippen LogP contribution in [0.4, 0.5) is 10.1 Å². The summed E-state index contributed by atoms with van der Waals surface area (Å²) in [6, 6.07) is 3.18. The molecule has 1 atom stereocenters. The lowest BCUT2D eigenvalue weighted by molar-refractivity contribution is -0.117. The highest BCUT2D eigenvalue weighted by atomic mass is 79.9. The first kappa shape index (κ1) is 12.7. The third-order valence-corrected chi connectivity index (χ3v) is 2.52. The Morgan fingerprint density at radius 3 is 2.94 bits per heavy atom. The van der Waals surface area contributed by atoms with Gasteiger partial charge in [-0.2, -0.15) is 0 Å². The van der Waals surface area contributed by atoms with E-state index in [0.29, 0.717) is 10.2 Å². The van der Waals surface area contributed by atoms with Gasteiger partial charge in [-0.3, -0.25) is 4.79 Å². The van der Waals surface area contributed by atoms with E-state index < -0.39 is 17.8 Å². The normalized spacial score (nSPS) is 11.6. The zero-order valence-corrected chi connectivity index (χ0v) is 9.92. The van der Waals surface area contributed by atoms with Crippen LogP contribution in [0.5, 0.6) is 0 Å². The molecule has 0 aliphatic heterocycles. The van der Waals surface area contributed by atoms with Gasteiger partial charge in [-0.05, 0) is 34.1 Å². The summed E-state index contributed by atoms with van der Waals surface area (Å²) in [5.41, 5.74) is 5.97. The Bertz CT molecular complexity index is 442. The average Bonchev–Trinajstić information content (AvgIpc) is 2.22. The minimum Gasteiger partial charge on any atom is -0.324 e. The second kappa shape index (κ2) is 5.64. The first-order chi connectivity index (χ1) is 7.54. The Morgan fingerprint density at radius 2 is 2.38 bits per heavy atom. The molecule has 1 rings (SSSR count). The Balaban J connectivity index is 2.74. The molecule has 5 heteroatoms. The second-order valence-electron chi connectivity index (χ2n) is 3.13. The molecule has 0 aliphatic rings. The number of terminal acetylenes is 1. The van der Waals surface area contributed by atoms with Gasteiger partial charge >= 0.3 is 0 Å². The molecule has 0 saturated carbocycles. The molecule has 3 nitrogen and oxygen atoms in total. The molecule has 0 bridgehead atoms. The maximum Gasteiger partial charge on any atom is 0.242 e. The molecule has 1 aromatic carbocycles. The monoisotopic (exact) mass is 284 g/mol. The molecule has 0 spiro atoms. The quantitative estimate of drug-likeness (QED) is 0.833. The highest BCUT2D eigenvalue weighted by Gasteiger charge is 2.13. The summed E-state index contributed by atoms with van der Waals surface area (Å²) in [5.74, 6) is 1.51. The van der Waals surface area contributed by atoms with Crippen LogP contribution in [0.25, 0.3) is 0 Å². The van der Waals surface area contributed by atoms with Crippen molar-refractivity contribution in [1.29, 1.82) is 0 Å². The van der Waals surface area contributed by atoms with Gasteiger partial charge in [0.15, 0.2) is 0 Å². The second-order valence-corrected chi connectivity index (χ2v) is 3.98. The van der Waals surface area contributed by atoms with Gasteiger partial charge in [0, 0.05) is 10.9 Å². The van der Waals surface area contributed by atoms with Crippen molar-refractivity contribution in [1.82, 2.24) is 0 Å². The number of carbonyl (C=O) groups excluding carboxylic acids is 1. The van der Waals surface area contributed by atoms with Gasteiger partial charge in [-0.1, -0.05) is 0 Å². The number of anilines is 1. The predicted molar refractivity (Wildman–Crippen MR) is 64.2 cm³/mol. The summed E-state index contributed by atoms with van der Waals surface area (Å²) >= 11 is 3.13. The van der Waals surface area contributed by atoms with Crippen LogP contribution in [-0.2, 0) is 4.79 Å². The number of nitrogens with one attached hydrogen (secondary N) is 1. The Morgan fingerprint density at radius 1 is 1.69 bits per heavy atom. The molecular formula is C11H10BrFN2O. The zero-order chi connectivity index (χ0) is 12.1. The molecule has 3 N–H and O–H groups in total. The van der Waals surface area contributed by atoms with Crippen molar-refractivity contribution in [2.75, 3.05) is 5.32 Å². The maximum atomic E-state index is 12.8. The fraction of sp³-hybridized carbons (Fsp3) is 0.182. The third kappa shape index (κ3) is 3.33. The molecule has 0 aliphatic carbocycles. The molecule has 1 amide bonds. The maximum absolute atomic E-state index is 12.8. The molecule has 16 heavy (non-hydrogen) atoms. The van der Waals surface area contributed by atoms with Crippen molar-refractivity contribution < 1.29 is 9.18 Å². The van der Waals surface area contributed by atoms with Crippen molar-refractivity contribution in [3.8, 4) is 12.3 Å². The number of amides is 1.